The third-order valence-corrected chi connectivity index (χ3v) is 6.67. The highest BCUT2D eigenvalue weighted by molar-refractivity contribution is 6.07. The molecule has 3 aliphatic rings. The molecule has 1 aliphatic carbocycles. The molecule has 148 valence electrons. The van der Waals surface area contributed by atoms with Crippen molar-refractivity contribution in [2.24, 2.45) is 5.92 Å². The van der Waals surface area contributed by atoms with Gasteiger partial charge in [-0.3, -0.25) is 14.9 Å². The molecule has 0 unspecified atom stereocenters. The number of carbonyl (C=O) groups is 3. The highest BCUT2D eigenvalue weighted by Gasteiger charge is 2.49. The number of rotatable bonds is 2. The number of urea groups is 1. The lowest BCUT2D eigenvalue weighted by Crippen LogP contribution is -2.51. The second-order valence-electron chi connectivity index (χ2n) is 8.28. The Morgan fingerprint density at radius 1 is 1.18 bits per heavy atom. The van der Waals surface area contributed by atoms with Gasteiger partial charge in [0.15, 0.2) is 0 Å². The normalized spacial score (nSPS) is 27.4. The van der Waals surface area contributed by atoms with Gasteiger partial charge in [0.05, 0.1) is 0 Å². The number of imide groups is 1. The lowest BCUT2D eigenvalue weighted by atomic mass is 9.76. The smallest absolute Gasteiger partial charge is 0.322 e. The van der Waals surface area contributed by atoms with Crippen molar-refractivity contribution in [1.29, 1.82) is 0 Å². The van der Waals surface area contributed by atoms with Crippen LogP contribution in [0.4, 0.5) is 4.79 Å². The molecule has 4 rings (SSSR count). The van der Waals surface area contributed by atoms with E-state index in [1.807, 2.05) is 4.90 Å². The van der Waals surface area contributed by atoms with E-state index in [4.69, 9.17) is 0 Å². The topological polar surface area (TPSA) is 78.5 Å². The second-order valence-corrected chi connectivity index (χ2v) is 8.28. The zero-order valence-electron chi connectivity index (χ0n) is 16.5. The number of benzene rings is 1. The van der Waals surface area contributed by atoms with Crippen molar-refractivity contribution in [2.45, 2.75) is 51.5 Å². The van der Waals surface area contributed by atoms with Gasteiger partial charge in [-0.05, 0) is 68.2 Å². The van der Waals surface area contributed by atoms with E-state index >= 15 is 0 Å². The van der Waals surface area contributed by atoms with Gasteiger partial charge in [-0.2, -0.15) is 0 Å². The molecule has 1 saturated heterocycles. The largest absolute Gasteiger partial charge is 0.338 e. The molecule has 2 heterocycles. The minimum Gasteiger partial charge on any atom is -0.338 e. The van der Waals surface area contributed by atoms with E-state index in [1.54, 1.807) is 0 Å². The van der Waals surface area contributed by atoms with E-state index in [9.17, 15) is 14.4 Å². The monoisotopic (exact) mass is 381 g/mol. The van der Waals surface area contributed by atoms with Crippen LogP contribution >= 0.6 is 0 Å². The van der Waals surface area contributed by atoms with Crippen molar-refractivity contribution in [3.05, 3.63) is 41.0 Å². The van der Waals surface area contributed by atoms with E-state index in [1.165, 1.54) is 22.3 Å². The standard InChI is InChI=1S/C22H27N3O3/c1-14-4-3-5-18(15(14)2)16-8-12-25(13-9-16)19(26)17-6-10-22(11-7-17)20(27)23-21(28)24-22/h3-5,8,17H,6-7,9-13H2,1-2H3,(H2,23,24,27,28). The highest BCUT2D eigenvalue weighted by atomic mass is 16.2. The van der Waals surface area contributed by atoms with Crippen LogP contribution in [-0.2, 0) is 9.59 Å². The predicted octanol–water partition coefficient (Wildman–Crippen LogP) is 2.69. The summed E-state index contributed by atoms with van der Waals surface area (Å²) >= 11 is 0. The number of nitrogens with one attached hydrogen (secondary N) is 2. The molecule has 1 spiro atoms. The van der Waals surface area contributed by atoms with Gasteiger partial charge in [0, 0.05) is 19.0 Å². The van der Waals surface area contributed by atoms with Gasteiger partial charge in [-0.25, -0.2) is 4.79 Å². The Kier molecular flexibility index (Phi) is 4.73. The average molecular weight is 381 g/mol. The molecule has 1 aromatic rings. The Bertz CT molecular complexity index is 866. The third kappa shape index (κ3) is 3.21. The summed E-state index contributed by atoms with van der Waals surface area (Å²) in [6, 6.07) is 5.95. The van der Waals surface area contributed by atoms with Crippen LogP contribution < -0.4 is 10.6 Å². The third-order valence-electron chi connectivity index (χ3n) is 6.67. The zero-order valence-corrected chi connectivity index (χ0v) is 16.5. The molecule has 0 atom stereocenters. The van der Waals surface area contributed by atoms with Gasteiger partial charge in [0.25, 0.3) is 5.91 Å². The van der Waals surface area contributed by atoms with Gasteiger partial charge in [-0.1, -0.05) is 24.3 Å². The van der Waals surface area contributed by atoms with Crippen LogP contribution in [0.15, 0.2) is 24.3 Å². The van der Waals surface area contributed by atoms with E-state index in [0.717, 1.165) is 13.0 Å². The first-order valence-corrected chi connectivity index (χ1v) is 10.1. The number of amides is 4. The Balaban J connectivity index is 1.38. The maximum Gasteiger partial charge on any atom is 0.322 e. The van der Waals surface area contributed by atoms with Crippen molar-refractivity contribution in [3.8, 4) is 0 Å². The van der Waals surface area contributed by atoms with E-state index < -0.39 is 11.6 Å². The number of aryl methyl sites for hydroxylation is 1. The van der Waals surface area contributed by atoms with Crippen LogP contribution in [0.5, 0.6) is 0 Å². The molecule has 0 bridgehead atoms. The predicted molar refractivity (Wildman–Crippen MR) is 106 cm³/mol. The number of carbonyl (C=O) groups excluding carboxylic acids is 3. The first-order valence-electron chi connectivity index (χ1n) is 10.1. The Hall–Kier alpha value is -2.63. The lowest BCUT2D eigenvalue weighted by Gasteiger charge is -2.37. The Labute approximate surface area is 165 Å². The quantitative estimate of drug-likeness (QED) is 0.773. The van der Waals surface area contributed by atoms with Gasteiger partial charge in [-0.15, -0.1) is 0 Å². The second kappa shape index (κ2) is 7.08. The number of hydrogen-bond donors (Lipinski definition) is 2. The molecule has 0 aromatic heterocycles. The lowest BCUT2D eigenvalue weighted by molar-refractivity contribution is -0.138. The number of hydrogen-bond acceptors (Lipinski definition) is 3. The van der Waals surface area contributed by atoms with E-state index in [2.05, 4.69) is 48.8 Å². The first-order chi connectivity index (χ1) is 13.4. The highest BCUT2D eigenvalue weighted by Crippen LogP contribution is 2.36. The van der Waals surface area contributed by atoms with Crippen LogP contribution in [0.2, 0.25) is 0 Å². The Morgan fingerprint density at radius 2 is 1.93 bits per heavy atom. The van der Waals surface area contributed by atoms with Crippen molar-refractivity contribution >= 4 is 23.4 Å². The van der Waals surface area contributed by atoms with Crippen LogP contribution in [0.25, 0.3) is 5.57 Å². The molecule has 28 heavy (non-hydrogen) atoms. The minimum absolute atomic E-state index is 0.0633. The molecule has 4 amide bonds. The van der Waals surface area contributed by atoms with Gasteiger partial charge in [0.1, 0.15) is 5.54 Å². The molecule has 1 aromatic carbocycles. The molecule has 6 heteroatoms. The van der Waals surface area contributed by atoms with Crippen LogP contribution in [0, 0.1) is 19.8 Å². The fraction of sp³-hybridized carbons (Fsp3) is 0.500. The first kappa shape index (κ1) is 18.7. The van der Waals surface area contributed by atoms with Crippen molar-refractivity contribution in [3.63, 3.8) is 0 Å². The summed E-state index contributed by atoms with van der Waals surface area (Å²) in [6.45, 7) is 5.65. The van der Waals surface area contributed by atoms with Crippen LogP contribution in [0.3, 0.4) is 0 Å². The molecule has 0 radical (unpaired) electrons. The summed E-state index contributed by atoms with van der Waals surface area (Å²) < 4.78 is 0. The number of nitrogens with zero attached hydrogens (tertiary/aromatic N) is 1. The minimum atomic E-state index is -0.800. The molecule has 6 nitrogen and oxygen atoms in total. The van der Waals surface area contributed by atoms with Gasteiger partial charge >= 0.3 is 6.03 Å². The summed E-state index contributed by atoms with van der Waals surface area (Å²) in [5.74, 6) is -0.134. The maximum absolute atomic E-state index is 13.0. The van der Waals surface area contributed by atoms with Crippen molar-refractivity contribution in [1.82, 2.24) is 15.5 Å². The fourth-order valence-corrected chi connectivity index (χ4v) is 4.71. The molecular weight excluding hydrogens is 354 g/mol. The maximum atomic E-state index is 13.0. The van der Waals surface area contributed by atoms with E-state index in [0.29, 0.717) is 32.2 Å². The van der Waals surface area contributed by atoms with Crippen molar-refractivity contribution < 1.29 is 14.4 Å². The van der Waals surface area contributed by atoms with Gasteiger partial charge < -0.3 is 10.2 Å². The van der Waals surface area contributed by atoms with Crippen molar-refractivity contribution in [2.75, 3.05) is 13.1 Å². The molecular formula is C22H27N3O3. The van der Waals surface area contributed by atoms with Crippen LogP contribution in [-0.4, -0.2) is 41.4 Å². The van der Waals surface area contributed by atoms with E-state index in [-0.39, 0.29) is 17.7 Å². The molecule has 2 fully saturated rings. The van der Waals surface area contributed by atoms with Crippen LogP contribution in [0.1, 0.15) is 48.8 Å². The summed E-state index contributed by atoms with van der Waals surface area (Å²) in [5, 5.41) is 5.08. The molecule has 1 saturated carbocycles. The zero-order chi connectivity index (χ0) is 19.9. The average Bonchev–Trinajstić information content (AvgIpc) is 2.97. The summed E-state index contributed by atoms with van der Waals surface area (Å²) in [4.78, 5) is 38.4. The summed E-state index contributed by atoms with van der Waals surface area (Å²) in [7, 11) is 0. The SMILES string of the molecule is Cc1cccc(C2=CCN(C(=O)C3CCC4(CC3)NC(=O)NC4=O)CC2)c1C. The summed E-state index contributed by atoms with van der Waals surface area (Å²) in [5.41, 5.74) is 4.40. The molecule has 2 aliphatic heterocycles. The fourth-order valence-electron chi connectivity index (χ4n) is 4.71. The summed E-state index contributed by atoms with van der Waals surface area (Å²) in [6.07, 6.45) is 5.37. The molecule has 2 N–H and O–H groups in total. The van der Waals surface area contributed by atoms with Gasteiger partial charge in [0.2, 0.25) is 5.91 Å². The Morgan fingerprint density at radius 3 is 2.54 bits per heavy atom.